The number of nitrogens with zero attached hydrogens (tertiary/aromatic N) is 2. The topological polar surface area (TPSA) is 62.3 Å². The van der Waals surface area contributed by atoms with Gasteiger partial charge < -0.3 is 0 Å². The van der Waals surface area contributed by atoms with E-state index in [1.54, 1.807) is 30.5 Å². The summed E-state index contributed by atoms with van der Waals surface area (Å²) in [5.74, 6) is -0.493. The van der Waals surface area contributed by atoms with E-state index in [2.05, 4.69) is 10.4 Å². The van der Waals surface area contributed by atoms with Gasteiger partial charge in [0.05, 0.1) is 10.8 Å². The van der Waals surface area contributed by atoms with Crippen molar-refractivity contribution in [2.75, 3.05) is 0 Å². The maximum Gasteiger partial charge on any atom is 0.271 e. The van der Waals surface area contributed by atoms with Crippen LogP contribution in [0, 0.1) is 0 Å². The molecule has 0 bridgehead atoms. The number of thioether (sulfide) groups is 1. The molecule has 2 amide bonds. The Kier molecular flexibility index (Phi) is 4.54. The minimum atomic E-state index is -0.361. The molecule has 2 aromatic rings. The third-order valence-electron chi connectivity index (χ3n) is 3.45. The minimum absolute atomic E-state index is 0.132. The van der Waals surface area contributed by atoms with Crippen LogP contribution in [0.1, 0.15) is 28.2 Å². The fourth-order valence-electron chi connectivity index (χ4n) is 2.26. The van der Waals surface area contributed by atoms with E-state index in [1.807, 2.05) is 19.1 Å². The summed E-state index contributed by atoms with van der Waals surface area (Å²) in [5.41, 5.74) is 4.00. The van der Waals surface area contributed by atoms with Crippen LogP contribution in [0.5, 0.6) is 0 Å². The minimum Gasteiger partial charge on any atom is -0.272 e. The molecule has 2 atom stereocenters. The molecule has 1 fully saturated rings. The summed E-state index contributed by atoms with van der Waals surface area (Å²) in [6.07, 6.45) is 3.05. The number of halogens is 1. The molecule has 5 nitrogen and oxygen atoms in total. The standard InChI is InChI=1S/C16H14ClN3O2S/c1-10-15(22)20(19-14(21)12-3-2-8-18-9-12)16(23-10)11-4-6-13(17)7-5-11/h2-10,16H,1H3,(H,19,21). The molecular formula is C16H14ClN3O2S. The van der Waals surface area contributed by atoms with Crippen LogP contribution in [-0.4, -0.2) is 27.1 Å². The zero-order chi connectivity index (χ0) is 16.4. The fourth-order valence-corrected chi connectivity index (χ4v) is 3.60. The van der Waals surface area contributed by atoms with Crippen LogP contribution in [0.15, 0.2) is 48.8 Å². The lowest BCUT2D eigenvalue weighted by molar-refractivity contribution is -0.132. The summed E-state index contributed by atoms with van der Waals surface area (Å²) in [4.78, 5) is 28.6. The van der Waals surface area contributed by atoms with Gasteiger partial charge in [-0.3, -0.25) is 20.0 Å². The number of hydrazine groups is 1. The number of nitrogens with one attached hydrogen (secondary N) is 1. The highest BCUT2D eigenvalue weighted by molar-refractivity contribution is 8.01. The van der Waals surface area contributed by atoms with Crippen LogP contribution < -0.4 is 5.43 Å². The Hall–Kier alpha value is -2.05. The molecule has 0 radical (unpaired) electrons. The van der Waals surface area contributed by atoms with Crippen molar-refractivity contribution in [3.05, 3.63) is 64.9 Å². The smallest absolute Gasteiger partial charge is 0.271 e. The molecule has 1 aromatic heterocycles. The molecule has 0 aliphatic carbocycles. The van der Waals surface area contributed by atoms with Crippen molar-refractivity contribution in [2.45, 2.75) is 17.5 Å². The zero-order valence-corrected chi connectivity index (χ0v) is 13.8. The SMILES string of the molecule is CC1SC(c2ccc(Cl)cc2)N(NC(=O)c2cccnc2)C1=O. The number of carbonyl (C=O) groups excluding carboxylic acids is 2. The molecule has 1 aliphatic heterocycles. The quantitative estimate of drug-likeness (QED) is 0.927. The molecule has 2 heterocycles. The van der Waals surface area contributed by atoms with E-state index in [0.29, 0.717) is 10.6 Å². The number of rotatable bonds is 3. The number of carbonyl (C=O) groups is 2. The maximum absolute atomic E-state index is 12.4. The average Bonchev–Trinajstić information content (AvgIpc) is 2.85. The van der Waals surface area contributed by atoms with Crippen LogP contribution in [0.25, 0.3) is 0 Å². The molecular weight excluding hydrogens is 334 g/mol. The summed E-state index contributed by atoms with van der Waals surface area (Å²) in [5, 5.41) is 1.50. The van der Waals surface area contributed by atoms with Crippen molar-refractivity contribution in [2.24, 2.45) is 0 Å². The van der Waals surface area contributed by atoms with Crippen molar-refractivity contribution in [1.82, 2.24) is 15.4 Å². The Labute approximate surface area is 143 Å². The molecule has 7 heteroatoms. The Morgan fingerprint density at radius 1 is 1.30 bits per heavy atom. The summed E-state index contributed by atoms with van der Waals surface area (Å²) >= 11 is 7.39. The summed E-state index contributed by atoms with van der Waals surface area (Å²) in [6.45, 7) is 1.83. The Morgan fingerprint density at radius 3 is 2.70 bits per heavy atom. The van der Waals surface area contributed by atoms with E-state index in [4.69, 9.17) is 11.6 Å². The van der Waals surface area contributed by atoms with Crippen LogP contribution >= 0.6 is 23.4 Å². The molecule has 23 heavy (non-hydrogen) atoms. The van der Waals surface area contributed by atoms with Crippen molar-refractivity contribution in [3.8, 4) is 0 Å². The van der Waals surface area contributed by atoms with Crippen molar-refractivity contribution < 1.29 is 9.59 Å². The summed E-state index contributed by atoms with van der Waals surface area (Å²) < 4.78 is 0. The molecule has 1 aromatic carbocycles. The van der Waals surface area contributed by atoms with Crippen molar-refractivity contribution >= 4 is 35.2 Å². The van der Waals surface area contributed by atoms with E-state index in [0.717, 1.165) is 5.56 Å². The van der Waals surface area contributed by atoms with Crippen LogP contribution in [-0.2, 0) is 4.79 Å². The number of amides is 2. The van der Waals surface area contributed by atoms with Crippen LogP contribution in [0.2, 0.25) is 5.02 Å². The molecule has 3 rings (SSSR count). The highest BCUT2D eigenvalue weighted by atomic mass is 35.5. The molecule has 1 saturated heterocycles. The van der Waals surface area contributed by atoms with Gasteiger partial charge in [0.1, 0.15) is 5.37 Å². The zero-order valence-electron chi connectivity index (χ0n) is 12.3. The lowest BCUT2D eigenvalue weighted by Crippen LogP contribution is -2.45. The van der Waals surface area contributed by atoms with E-state index in [9.17, 15) is 9.59 Å². The van der Waals surface area contributed by atoms with Gasteiger partial charge in [0.15, 0.2) is 0 Å². The summed E-state index contributed by atoms with van der Waals surface area (Å²) in [7, 11) is 0. The second kappa shape index (κ2) is 6.60. The average molecular weight is 348 g/mol. The largest absolute Gasteiger partial charge is 0.272 e. The number of pyridine rings is 1. The molecule has 1 aliphatic rings. The van der Waals surface area contributed by atoms with Gasteiger partial charge in [-0.15, -0.1) is 11.8 Å². The van der Waals surface area contributed by atoms with E-state index < -0.39 is 0 Å². The number of hydrogen-bond donors (Lipinski definition) is 1. The predicted octanol–water partition coefficient (Wildman–Crippen LogP) is 3.04. The molecule has 2 unspecified atom stereocenters. The first-order valence-electron chi connectivity index (χ1n) is 7.01. The van der Waals surface area contributed by atoms with Crippen molar-refractivity contribution in [1.29, 1.82) is 0 Å². The van der Waals surface area contributed by atoms with Crippen LogP contribution in [0.4, 0.5) is 0 Å². The second-order valence-corrected chi connectivity index (χ2v) is 6.94. The first kappa shape index (κ1) is 15.8. The highest BCUT2D eigenvalue weighted by Crippen LogP contribution is 2.41. The maximum atomic E-state index is 12.4. The van der Waals surface area contributed by atoms with Gasteiger partial charge in [-0.2, -0.15) is 0 Å². The van der Waals surface area contributed by atoms with Crippen molar-refractivity contribution in [3.63, 3.8) is 0 Å². The van der Waals surface area contributed by atoms with Gasteiger partial charge in [-0.25, -0.2) is 5.01 Å². The fraction of sp³-hybridized carbons (Fsp3) is 0.188. The Balaban J connectivity index is 1.84. The Morgan fingerprint density at radius 2 is 2.04 bits per heavy atom. The lowest BCUT2D eigenvalue weighted by atomic mass is 10.2. The van der Waals surface area contributed by atoms with Gasteiger partial charge in [-0.1, -0.05) is 23.7 Å². The monoisotopic (exact) mass is 347 g/mol. The third-order valence-corrected chi connectivity index (χ3v) is 5.06. The Bertz CT molecular complexity index is 724. The first-order chi connectivity index (χ1) is 11.1. The molecule has 1 N–H and O–H groups in total. The summed E-state index contributed by atoms with van der Waals surface area (Å²) in [6, 6.07) is 10.6. The highest BCUT2D eigenvalue weighted by Gasteiger charge is 2.39. The van der Waals surface area contributed by atoms with Gasteiger partial charge >= 0.3 is 0 Å². The molecule has 0 spiro atoms. The molecule has 118 valence electrons. The predicted molar refractivity (Wildman–Crippen MR) is 89.8 cm³/mol. The van der Waals surface area contributed by atoms with E-state index >= 15 is 0 Å². The lowest BCUT2D eigenvalue weighted by Gasteiger charge is -2.24. The van der Waals surface area contributed by atoms with E-state index in [-0.39, 0.29) is 22.4 Å². The normalized spacial score (nSPS) is 20.6. The van der Waals surface area contributed by atoms with Gasteiger partial charge in [0, 0.05) is 17.4 Å². The number of benzene rings is 1. The van der Waals surface area contributed by atoms with Gasteiger partial charge in [-0.05, 0) is 36.8 Å². The molecule has 0 saturated carbocycles. The number of hydrogen-bond acceptors (Lipinski definition) is 4. The first-order valence-corrected chi connectivity index (χ1v) is 8.33. The van der Waals surface area contributed by atoms with Gasteiger partial charge in [0.25, 0.3) is 11.8 Å². The van der Waals surface area contributed by atoms with Crippen LogP contribution in [0.3, 0.4) is 0 Å². The van der Waals surface area contributed by atoms with Gasteiger partial charge in [0.2, 0.25) is 0 Å². The number of aromatic nitrogens is 1. The van der Waals surface area contributed by atoms with E-state index in [1.165, 1.54) is 23.0 Å². The third kappa shape index (κ3) is 3.33. The second-order valence-electron chi connectivity index (χ2n) is 5.07.